The molecule has 2 aromatic heterocycles. The molecule has 0 amide bonds. The van der Waals surface area contributed by atoms with E-state index in [1.165, 1.54) is 17.2 Å². The van der Waals surface area contributed by atoms with Gasteiger partial charge in [0.2, 0.25) is 0 Å². The Morgan fingerprint density at radius 1 is 1.46 bits per heavy atom. The predicted octanol–water partition coefficient (Wildman–Crippen LogP) is -1.68. The fraction of sp³-hybridized carbons (Fsp3) is 0.600. The molecule has 5 atom stereocenters. The van der Waals surface area contributed by atoms with Crippen molar-refractivity contribution < 1.29 is 24.5 Å². The van der Waals surface area contributed by atoms with Crippen LogP contribution < -0.4 is 11.1 Å². The summed E-state index contributed by atoms with van der Waals surface area (Å²) in [4.78, 5) is 24.6. The molecule has 4 rings (SSSR count). The van der Waals surface area contributed by atoms with Crippen LogP contribution in [0, 0.1) is 0 Å². The van der Waals surface area contributed by atoms with Gasteiger partial charge in [0.15, 0.2) is 23.8 Å². The summed E-state index contributed by atoms with van der Waals surface area (Å²) in [5.74, 6) is -0.257. The summed E-state index contributed by atoms with van der Waals surface area (Å²) >= 11 is 0. The molecular formula is C15H20N6O5. The summed E-state index contributed by atoms with van der Waals surface area (Å²) in [7, 11) is 0. The van der Waals surface area contributed by atoms with Gasteiger partial charge in [0.05, 0.1) is 12.9 Å². The second kappa shape index (κ2) is 6.76. The lowest BCUT2D eigenvalue weighted by Crippen LogP contribution is -2.41. The van der Waals surface area contributed by atoms with Gasteiger partial charge in [0, 0.05) is 0 Å². The van der Waals surface area contributed by atoms with E-state index in [4.69, 9.17) is 15.2 Å². The molecule has 26 heavy (non-hydrogen) atoms. The van der Waals surface area contributed by atoms with Crippen LogP contribution in [-0.2, 0) is 14.3 Å². The molecule has 0 aliphatic carbocycles. The number of nitrogens with zero attached hydrogens (tertiary/aromatic N) is 4. The molecule has 0 radical (unpaired) electrons. The van der Waals surface area contributed by atoms with Crippen molar-refractivity contribution in [3.8, 4) is 0 Å². The van der Waals surface area contributed by atoms with Gasteiger partial charge in [-0.15, -0.1) is 0 Å². The lowest BCUT2D eigenvalue weighted by molar-refractivity contribution is -0.160. The van der Waals surface area contributed by atoms with E-state index in [1.807, 2.05) is 0 Å². The van der Waals surface area contributed by atoms with Crippen LogP contribution in [0.3, 0.4) is 0 Å². The number of anilines is 1. The van der Waals surface area contributed by atoms with Gasteiger partial charge in [-0.05, 0) is 19.4 Å². The summed E-state index contributed by atoms with van der Waals surface area (Å²) < 4.78 is 12.8. The first-order chi connectivity index (χ1) is 12.6. The molecule has 140 valence electrons. The topological polar surface area (TPSA) is 158 Å². The maximum absolute atomic E-state index is 12.4. The Morgan fingerprint density at radius 3 is 3.04 bits per heavy atom. The minimum Gasteiger partial charge on any atom is -0.453 e. The van der Waals surface area contributed by atoms with Gasteiger partial charge < -0.3 is 30.7 Å². The molecule has 0 saturated carbocycles. The number of aromatic nitrogens is 4. The van der Waals surface area contributed by atoms with Crippen LogP contribution in [-0.4, -0.2) is 73.2 Å². The smallest absolute Gasteiger partial charge is 0.323 e. The Morgan fingerprint density at radius 2 is 2.31 bits per heavy atom. The van der Waals surface area contributed by atoms with Crippen LogP contribution in [0.5, 0.6) is 0 Å². The number of nitrogens with two attached hydrogens (primary N) is 1. The zero-order valence-electron chi connectivity index (χ0n) is 13.9. The Balaban J connectivity index is 1.65. The second-order valence-electron chi connectivity index (χ2n) is 6.37. The molecule has 2 aliphatic rings. The number of hydrogen-bond donors (Lipinski definition) is 4. The van der Waals surface area contributed by atoms with Crippen LogP contribution >= 0.6 is 0 Å². The van der Waals surface area contributed by atoms with Crippen LogP contribution in [0.25, 0.3) is 11.2 Å². The third-order valence-corrected chi connectivity index (χ3v) is 4.75. The number of aliphatic hydroxyl groups is 2. The summed E-state index contributed by atoms with van der Waals surface area (Å²) in [6.45, 7) is 0.325. The number of rotatable bonds is 4. The lowest BCUT2D eigenvalue weighted by atomic mass is 10.1. The van der Waals surface area contributed by atoms with E-state index in [0.29, 0.717) is 17.6 Å². The highest BCUT2D eigenvalue weighted by molar-refractivity contribution is 5.81. The number of nitrogens with one attached hydrogen (secondary N) is 1. The Bertz CT molecular complexity index is 807. The van der Waals surface area contributed by atoms with Crippen molar-refractivity contribution >= 4 is 23.0 Å². The van der Waals surface area contributed by atoms with Crippen molar-refractivity contribution in [2.75, 3.05) is 18.9 Å². The van der Waals surface area contributed by atoms with Crippen molar-refractivity contribution in [3.05, 3.63) is 12.7 Å². The highest BCUT2D eigenvalue weighted by Crippen LogP contribution is 2.34. The molecule has 11 heteroatoms. The molecule has 11 nitrogen and oxygen atoms in total. The zero-order valence-corrected chi connectivity index (χ0v) is 13.9. The van der Waals surface area contributed by atoms with Gasteiger partial charge in [0.25, 0.3) is 0 Å². The molecule has 0 bridgehead atoms. The largest absolute Gasteiger partial charge is 0.453 e. The number of aliphatic hydroxyl groups excluding tert-OH is 2. The normalized spacial score (nSPS) is 31.5. The monoisotopic (exact) mass is 364 g/mol. The Labute approximate surface area is 148 Å². The molecule has 4 heterocycles. The van der Waals surface area contributed by atoms with Crippen molar-refractivity contribution in [1.82, 2.24) is 24.8 Å². The molecule has 2 aliphatic heterocycles. The number of fused-ring (bicyclic) bond motifs is 1. The highest BCUT2D eigenvalue weighted by Gasteiger charge is 2.48. The van der Waals surface area contributed by atoms with Crippen LogP contribution in [0.2, 0.25) is 0 Å². The number of carbonyl (C=O) groups is 1. The van der Waals surface area contributed by atoms with Crippen molar-refractivity contribution in [2.24, 2.45) is 0 Å². The van der Waals surface area contributed by atoms with Crippen LogP contribution in [0.4, 0.5) is 5.82 Å². The van der Waals surface area contributed by atoms with E-state index in [-0.39, 0.29) is 5.82 Å². The van der Waals surface area contributed by atoms with Crippen molar-refractivity contribution in [2.45, 2.75) is 43.4 Å². The average Bonchev–Trinajstić information content (AvgIpc) is 3.35. The lowest BCUT2D eigenvalue weighted by Gasteiger charge is -2.23. The summed E-state index contributed by atoms with van der Waals surface area (Å²) in [6, 6.07) is -0.409. The number of imidazole rings is 1. The van der Waals surface area contributed by atoms with E-state index in [1.54, 1.807) is 0 Å². The third-order valence-electron chi connectivity index (χ3n) is 4.75. The number of ether oxygens (including phenoxy) is 2. The first kappa shape index (κ1) is 17.1. The first-order valence-corrected chi connectivity index (χ1v) is 8.41. The number of nitrogen functional groups attached to an aromatic ring is 1. The highest BCUT2D eigenvalue weighted by atomic mass is 16.6. The minimum absolute atomic E-state index is 0.203. The molecule has 0 aromatic carbocycles. The first-order valence-electron chi connectivity index (χ1n) is 8.41. The second-order valence-corrected chi connectivity index (χ2v) is 6.37. The predicted molar refractivity (Wildman–Crippen MR) is 87.6 cm³/mol. The van der Waals surface area contributed by atoms with E-state index in [9.17, 15) is 15.0 Å². The van der Waals surface area contributed by atoms with Gasteiger partial charge in [-0.1, -0.05) is 0 Å². The maximum atomic E-state index is 12.4. The van der Waals surface area contributed by atoms with Crippen LogP contribution in [0.15, 0.2) is 12.7 Å². The van der Waals surface area contributed by atoms with Gasteiger partial charge in [0.1, 0.15) is 30.1 Å². The Hall–Kier alpha value is -2.34. The number of esters is 1. The zero-order chi connectivity index (χ0) is 18.3. The van der Waals surface area contributed by atoms with Crippen molar-refractivity contribution in [1.29, 1.82) is 0 Å². The fourth-order valence-electron chi connectivity index (χ4n) is 3.38. The van der Waals surface area contributed by atoms with E-state index in [2.05, 4.69) is 20.3 Å². The fourth-order valence-corrected chi connectivity index (χ4v) is 3.38. The molecule has 2 fully saturated rings. The SMILES string of the molecule is Nc1ncnc2c1ncn2[C@@H]1O[C@H](CO)[C@@H](O)[C@H]1OC(=O)C1CCCN1. The van der Waals surface area contributed by atoms with Gasteiger partial charge in [-0.25, -0.2) is 15.0 Å². The van der Waals surface area contributed by atoms with E-state index < -0.39 is 43.2 Å². The average molecular weight is 364 g/mol. The molecule has 0 spiro atoms. The standard InChI is InChI=1S/C15H20N6O5/c16-12-9-13(19-5-18-12)21(6-20-9)14-11(10(23)8(4-22)25-14)26-15(24)7-2-1-3-17-7/h5-8,10-11,14,17,22-23H,1-4H2,(H2,16,18,19)/t7?,8-,10-,11-,14-/m1/s1. The number of carbonyl (C=O) groups excluding carboxylic acids is 1. The van der Waals surface area contributed by atoms with Gasteiger partial charge in [-0.3, -0.25) is 9.36 Å². The Kier molecular flexibility index (Phi) is 4.44. The molecule has 2 saturated heterocycles. The number of hydrogen-bond acceptors (Lipinski definition) is 10. The van der Waals surface area contributed by atoms with Crippen LogP contribution in [0.1, 0.15) is 19.1 Å². The van der Waals surface area contributed by atoms with E-state index >= 15 is 0 Å². The quantitative estimate of drug-likeness (QED) is 0.462. The molecular weight excluding hydrogens is 344 g/mol. The molecule has 5 N–H and O–H groups in total. The third kappa shape index (κ3) is 2.78. The van der Waals surface area contributed by atoms with Crippen molar-refractivity contribution in [3.63, 3.8) is 0 Å². The van der Waals surface area contributed by atoms with E-state index in [0.717, 1.165) is 13.0 Å². The molecule has 1 unspecified atom stereocenters. The summed E-state index contributed by atoms with van der Waals surface area (Å²) in [5, 5.41) is 23.0. The molecule has 2 aromatic rings. The van der Waals surface area contributed by atoms with Gasteiger partial charge >= 0.3 is 5.97 Å². The summed E-state index contributed by atoms with van der Waals surface area (Å²) in [5.41, 5.74) is 6.55. The van der Waals surface area contributed by atoms with Gasteiger partial charge in [-0.2, -0.15) is 0 Å². The summed E-state index contributed by atoms with van der Waals surface area (Å²) in [6.07, 6.45) is 0.277. The minimum atomic E-state index is -1.19. The maximum Gasteiger partial charge on any atom is 0.323 e.